The molecule has 0 fully saturated rings. The third kappa shape index (κ3) is 5.54. The molecule has 3 aromatic rings. The lowest BCUT2D eigenvalue weighted by Gasteiger charge is -2.18. The van der Waals surface area contributed by atoms with E-state index in [9.17, 15) is 4.79 Å². The van der Waals surface area contributed by atoms with E-state index in [1.165, 1.54) is 0 Å². The van der Waals surface area contributed by atoms with Gasteiger partial charge in [0.2, 0.25) is 5.88 Å². The number of benzene rings is 1. The highest BCUT2D eigenvalue weighted by molar-refractivity contribution is 7.10. The Morgan fingerprint density at radius 1 is 1.11 bits per heavy atom. The number of amides is 2. The highest BCUT2D eigenvalue weighted by Gasteiger charge is 2.17. The highest BCUT2D eigenvalue weighted by atomic mass is 32.1. The summed E-state index contributed by atoms with van der Waals surface area (Å²) in [6, 6.07) is 16.8. The zero-order valence-corrected chi connectivity index (χ0v) is 15.7. The Morgan fingerprint density at radius 2 is 1.96 bits per heavy atom. The van der Waals surface area contributed by atoms with E-state index in [0.717, 1.165) is 10.4 Å². The third-order valence-corrected chi connectivity index (χ3v) is 4.70. The van der Waals surface area contributed by atoms with Gasteiger partial charge in [0.25, 0.3) is 0 Å². The lowest BCUT2D eigenvalue weighted by atomic mass is 10.1. The van der Waals surface area contributed by atoms with Crippen molar-refractivity contribution in [2.75, 3.05) is 25.6 Å². The Kier molecular flexibility index (Phi) is 6.78. The van der Waals surface area contributed by atoms with E-state index in [1.807, 2.05) is 47.8 Å². The zero-order chi connectivity index (χ0) is 18.9. The Bertz CT molecular complexity index is 823. The van der Waals surface area contributed by atoms with Crippen LogP contribution in [0.2, 0.25) is 0 Å². The summed E-state index contributed by atoms with van der Waals surface area (Å²) >= 11 is 1.60. The number of thiophene rings is 1. The minimum atomic E-state index is -0.299. The summed E-state index contributed by atoms with van der Waals surface area (Å²) in [5.41, 5.74) is 1.61. The van der Waals surface area contributed by atoms with Crippen molar-refractivity contribution in [3.63, 3.8) is 0 Å². The van der Waals surface area contributed by atoms with Crippen molar-refractivity contribution in [3.8, 4) is 5.88 Å². The SMILES string of the molecule is COCCOc1ccc(NC(=O)N[C@@H](c2ccccc2)c2cccs2)cn1. The van der Waals surface area contributed by atoms with Crippen molar-refractivity contribution in [2.24, 2.45) is 0 Å². The Hall–Kier alpha value is -2.90. The molecule has 27 heavy (non-hydrogen) atoms. The molecule has 2 heterocycles. The van der Waals surface area contributed by atoms with Crippen LogP contribution in [0, 0.1) is 0 Å². The fraction of sp³-hybridized carbons (Fsp3) is 0.200. The number of carbonyl (C=O) groups excluding carboxylic acids is 1. The van der Waals surface area contributed by atoms with E-state index < -0.39 is 0 Å². The number of rotatable bonds is 8. The van der Waals surface area contributed by atoms with Crippen LogP contribution in [0.25, 0.3) is 0 Å². The number of anilines is 1. The molecule has 1 atom stereocenters. The highest BCUT2D eigenvalue weighted by Crippen LogP contribution is 2.26. The minimum absolute atomic E-state index is 0.212. The quantitative estimate of drug-likeness (QED) is 0.575. The zero-order valence-electron chi connectivity index (χ0n) is 14.9. The van der Waals surface area contributed by atoms with E-state index in [4.69, 9.17) is 9.47 Å². The molecule has 0 saturated carbocycles. The molecule has 0 radical (unpaired) electrons. The van der Waals surface area contributed by atoms with Crippen LogP contribution >= 0.6 is 11.3 Å². The standard InChI is InChI=1S/C20H21N3O3S/c1-25-11-12-26-18-10-9-16(14-21-18)22-20(24)23-19(17-8-5-13-27-17)15-6-3-2-4-7-15/h2-10,13-14,19H,11-12H2,1H3,(H2,22,23,24)/t19-/m0/s1. The van der Waals surface area contributed by atoms with Crippen LogP contribution in [0.3, 0.4) is 0 Å². The molecule has 3 rings (SSSR count). The fourth-order valence-corrected chi connectivity index (χ4v) is 3.29. The molecule has 0 bridgehead atoms. The molecular formula is C20H21N3O3S. The second-order valence-electron chi connectivity index (χ2n) is 5.68. The van der Waals surface area contributed by atoms with Crippen LogP contribution in [0.5, 0.6) is 5.88 Å². The van der Waals surface area contributed by atoms with Crippen molar-refractivity contribution in [1.82, 2.24) is 10.3 Å². The first-order valence-electron chi connectivity index (χ1n) is 8.50. The van der Waals surface area contributed by atoms with Crippen LogP contribution in [0.15, 0.2) is 66.2 Å². The number of carbonyl (C=O) groups is 1. The van der Waals surface area contributed by atoms with Gasteiger partial charge in [-0.25, -0.2) is 9.78 Å². The lowest BCUT2D eigenvalue weighted by Crippen LogP contribution is -2.32. The minimum Gasteiger partial charge on any atom is -0.475 e. The Morgan fingerprint density at radius 3 is 2.63 bits per heavy atom. The van der Waals surface area contributed by atoms with Gasteiger partial charge in [0.1, 0.15) is 6.61 Å². The summed E-state index contributed by atoms with van der Waals surface area (Å²) in [7, 11) is 1.61. The van der Waals surface area contributed by atoms with Gasteiger partial charge < -0.3 is 20.1 Å². The number of nitrogens with one attached hydrogen (secondary N) is 2. The number of hydrogen-bond acceptors (Lipinski definition) is 5. The van der Waals surface area contributed by atoms with E-state index in [2.05, 4.69) is 15.6 Å². The lowest BCUT2D eigenvalue weighted by molar-refractivity contribution is 0.144. The van der Waals surface area contributed by atoms with Gasteiger partial charge in [0.05, 0.1) is 24.5 Å². The van der Waals surface area contributed by atoms with Gasteiger partial charge >= 0.3 is 6.03 Å². The molecule has 2 aromatic heterocycles. The summed E-state index contributed by atoms with van der Waals surface area (Å²) in [6.07, 6.45) is 1.56. The van der Waals surface area contributed by atoms with Gasteiger partial charge in [0, 0.05) is 18.1 Å². The Labute approximate surface area is 162 Å². The fourth-order valence-electron chi connectivity index (χ4n) is 2.49. The van der Waals surface area contributed by atoms with Crippen LogP contribution in [0.1, 0.15) is 16.5 Å². The summed E-state index contributed by atoms with van der Waals surface area (Å²) in [5.74, 6) is 0.485. The van der Waals surface area contributed by atoms with Crippen molar-refractivity contribution in [1.29, 1.82) is 0 Å². The molecule has 0 spiro atoms. The van der Waals surface area contributed by atoms with Gasteiger partial charge in [-0.1, -0.05) is 36.4 Å². The molecule has 0 aliphatic carbocycles. The first-order valence-corrected chi connectivity index (χ1v) is 9.38. The number of hydrogen-bond donors (Lipinski definition) is 2. The maximum atomic E-state index is 12.5. The van der Waals surface area contributed by atoms with Crippen molar-refractivity contribution >= 4 is 23.1 Å². The number of aromatic nitrogens is 1. The first kappa shape index (κ1) is 18.9. The number of nitrogens with zero attached hydrogens (tertiary/aromatic N) is 1. The van der Waals surface area contributed by atoms with E-state index in [1.54, 1.807) is 36.8 Å². The van der Waals surface area contributed by atoms with Crippen molar-refractivity contribution in [2.45, 2.75) is 6.04 Å². The molecule has 6 nitrogen and oxygen atoms in total. The molecule has 1 aromatic carbocycles. The van der Waals surface area contributed by atoms with Crippen LogP contribution in [-0.4, -0.2) is 31.3 Å². The van der Waals surface area contributed by atoms with Gasteiger partial charge in [0.15, 0.2) is 0 Å². The second kappa shape index (κ2) is 9.70. The van der Waals surface area contributed by atoms with Gasteiger partial charge in [-0.3, -0.25) is 0 Å². The van der Waals surface area contributed by atoms with Crippen molar-refractivity contribution in [3.05, 3.63) is 76.6 Å². The van der Waals surface area contributed by atoms with Gasteiger partial charge in [-0.2, -0.15) is 0 Å². The van der Waals surface area contributed by atoms with Crippen LogP contribution in [0.4, 0.5) is 10.5 Å². The summed E-state index contributed by atoms with van der Waals surface area (Å²) < 4.78 is 10.3. The van der Waals surface area contributed by atoms with Crippen LogP contribution in [-0.2, 0) is 4.74 Å². The normalized spacial score (nSPS) is 11.6. The number of urea groups is 1. The van der Waals surface area contributed by atoms with E-state index in [-0.39, 0.29) is 12.1 Å². The van der Waals surface area contributed by atoms with E-state index in [0.29, 0.717) is 24.8 Å². The summed E-state index contributed by atoms with van der Waals surface area (Å²) in [5, 5.41) is 7.83. The molecule has 0 aliphatic rings. The number of methoxy groups -OCH3 is 1. The molecule has 2 amide bonds. The topological polar surface area (TPSA) is 72.5 Å². The van der Waals surface area contributed by atoms with Gasteiger partial charge in [-0.15, -0.1) is 11.3 Å². The largest absolute Gasteiger partial charge is 0.475 e. The average Bonchev–Trinajstić information content (AvgIpc) is 3.23. The predicted octanol–water partition coefficient (Wildman–Crippen LogP) is 4.08. The monoisotopic (exact) mass is 383 g/mol. The van der Waals surface area contributed by atoms with Crippen LogP contribution < -0.4 is 15.4 Å². The molecule has 140 valence electrons. The maximum absolute atomic E-state index is 12.5. The molecular weight excluding hydrogens is 362 g/mol. The Balaban J connectivity index is 1.63. The molecule has 0 aliphatic heterocycles. The molecule has 0 unspecified atom stereocenters. The first-order chi connectivity index (χ1) is 13.3. The van der Waals surface area contributed by atoms with Gasteiger partial charge in [-0.05, 0) is 23.1 Å². The number of pyridine rings is 1. The second-order valence-corrected chi connectivity index (χ2v) is 6.66. The third-order valence-electron chi connectivity index (χ3n) is 3.77. The average molecular weight is 383 g/mol. The smallest absolute Gasteiger partial charge is 0.320 e. The molecule has 2 N–H and O–H groups in total. The molecule has 7 heteroatoms. The van der Waals surface area contributed by atoms with E-state index >= 15 is 0 Å². The predicted molar refractivity (Wildman–Crippen MR) is 106 cm³/mol. The summed E-state index contributed by atoms with van der Waals surface area (Å²) in [6.45, 7) is 0.921. The maximum Gasteiger partial charge on any atom is 0.320 e. The molecule has 0 saturated heterocycles. The number of ether oxygens (including phenoxy) is 2. The van der Waals surface area contributed by atoms with Crippen molar-refractivity contribution < 1.29 is 14.3 Å². The summed E-state index contributed by atoms with van der Waals surface area (Å²) in [4.78, 5) is 17.7.